The van der Waals surface area contributed by atoms with E-state index in [0.717, 1.165) is 18.3 Å². The third-order valence-corrected chi connectivity index (χ3v) is 5.71. The van der Waals surface area contributed by atoms with Crippen LogP contribution in [0.15, 0.2) is 48.5 Å². The van der Waals surface area contributed by atoms with Crippen molar-refractivity contribution in [2.75, 3.05) is 32.7 Å². The zero-order valence-electron chi connectivity index (χ0n) is 14.6. The van der Waals surface area contributed by atoms with E-state index in [4.69, 9.17) is 5.26 Å². The van der Waals surface area contributed by atoms with Gasteiger partial charge in [0, 0.05) is 13.1 Å². The Kier molecular flexibility index (Phi) is 4.83. The number of nitrogens with one attached hydrogen (secondary N) is 1. The average Bonchev–Trinajstić information content (AvgIpc) is 3.24. The van der Waals surface area contributed by atoms with Crippen molar-refractivity contribution in [1.82, 2.24) is 10.2 Å². The van der Waals surface area contributed by atoms with Crippen LogP contribution in [0, 0.1) is 23.2 Å². The van der Waals surface area contributed by atoms with Crippen LogP contribution in [0.1, 0.15) is 17.5 Å². The number of hydrogen-bond donors (Lipinski definition) is 1. The molecular weight excluding hydrogens is 306 g/mol. The average molecular weight is 331 g/mol. The van der Waals surface area contributed by atoms with Gasteiger partial charge in [-0.1, -0.05) is 36.4 Å². The monoisotopic (exact) mass is 331 g/mol. The zero-order chi connectivity index (χ0) is 17.1. The summed E-state index contributed by atoms with van der Waals surface area (Å²) in [6.45, 7) is 6.24. The summed E-state index contributed by atoms with van der Waals surface area (Å²) >= 11 is 0. The molecule has 2 fully saturated rings. The predicted octanol–water partition coefficient (Wildman–Crippen LogP) is 3.31. The molecule has 0 amide bonds. The largest absolute Gasteiger partial charge is 0.316 e. The molecule has 2 aliphatic rings. The van der Waals surface area contributed by atoms with Gasteiger partial charge in [-0.2, -0.15) is 5.26 Å². The molecule has 128 valence electrons. The molecule has 1 N–H and O–H groups in total. The van der Waals surface area contributed by atoms with Crippen molar-refractivity contribution >= 4 is 0 Å². The number of nitrogens with zero attached hydrogens (tertiary/aromatic N) is 2. The molecular formula is C22H25N3. The lowest BCUT2D eigenvalue weighted by atomic mass is 10.0. The molecule has 2 aromatic rings. The van der Waals surface area contributed by atoms with E-state index in [9.17, 15) is 0 Å². The van der Waals surface area contributed by atoms with Crippen LogP contribution in [-0.2, 0) is 6.42 Å². The number of rotatable bonds is 5. The van der Waals surface area contributed by atoms with Crippen molar-refractivity contribution < 1.29 is 0 Å². The first-order chi connectivity index (χ1) is 12.3. The minimum absolute atomic E-state index is 0.710. The van der Waals surface area contributed by atoms with Gasteiger partial charge in [0.05, 0.1) is 11.6 Å². The highest BCUT2D eigenvalue weighted by molar-refractivity contribution is 5.64. The molecule has 0 saturated carbocycles. The van der Waals surface area contributed by atoms with Crippen molar-refractivity contribution in [3.8, 4) is 17.2 Å². The Morgan fingerprint density at radius 3 is 2.12 bits per heavy atom. The summed E-state index contributed by atoms with van der Waals surface area (Å²) in [5.74, 6) is 1.79. The standard InChI is InChI=1S/C22H25N3/c23-12-18-5-9-20(10-6-18)19-7-3-17(4-8-19)2-1-11-25-15-21-13-24-14-22(21)16-25/h3-10,21-22,24H,1-2,11,13-16H2. The number of likely N-dealkylation sites (tertiary alicyclic amines) is 1. The lowest BCUT2D eigenvalue weighted by Gasteiger charge is -2.16. The van der Waals surface area contributed by atoms with E-state index in [-0.39, 0.29) is 0 Å². The van der Waals surface area contributed by atoms with Crippen LogP contribution >= 0.6 is 0 Å². The first-order valence-corrected chi connectivity index (χ1v) is 9.34. The summed E-state index contributed by atoms with van der Waals surface area (Å²) in [5, 5.41) is 12.4. The van der Waals surface area contributed by atoms with Gasteiger partial charge in [-0.3, -0.25) is 0 Å². The Labute approximate surface area is 150 Å². The van der Waals surface area contributed by atoms with E-state index in [1.807, 2.05) is 24.3 Å². The Bertz CT molecular complexity index is 730. The van der Waals surface area contributed by atoms with E-state index >= 15 is 0 Å². The molecule has 0 aliphatic carbocycles. The van der Waals surface area contributed by atoms with Crippen molar-refractivity contribution in [2.24, 2.45) is 11.8 Å². The second kappa shape index (κ2) is 7.39. The molecule has 0 bridgehead atoms. The second-order valence-corrected chi connectivity index (χ2v) is 7.43. The fourth-order valence-corrected chi connectivity index (χ4v) is 4.24. The Balaban J connectivity index is 1.28. The molecule has 0 radical (unpaired) electrons. The van der Waals surface area contributed by atoms with Crippen LogP contribution in [0.4, 0.5) is 0 Å². The highest BCUT2D eigenvalue weighted by atomic mass is 15.2. The number of aryl methyl sites for hydroxylation is 1. The molecule has 2 saturated heterocycles. The Morgan fingerprint density at radius 1 is 0.920 bits per heavy atom. The topological polar surface area (TPSA) is 39.1 Å². The van der Waals surface area contributed by atoms with E-state index in [1.54, 1.807) is 0 Å². The van der Waals surface area contributed by atoms with Gasteiger partial charge in [-0.05, 0) is 73.1 Å². The summed E-state index contributed by atoms with van der Waals surface area (Å²) in [4.78, 5) is 2.65. The molecule has 0 spiro atoms. The normalized spacial score (nSPS) is 22.7. The van der Waals surface area contributed by atoms with E-state index in [1.165, 1.54) is 55.8 Å². The summed E-state index contributed by atoms with van der Waals surface area (Å²) in [5.41, 5.74) is 4.51. The molecule has 2 aromatic carbocycles. The van der Waals surface area contributed by atoms with Gasteiger partial charge in [-0.25, -0.2) is 0 Å². The molecule has 2 atom stereocenters. The highest BCUT2D eigenvalue weighted by Crippen LogP contribution is 2.26. The fourth-order valence-electron chi connectivity index (χ4n) is 4.24. The maximum Gasteiger partial charge on any atom is 0.0991 e. The summed E-state index contributed by atoms with van der Waals surface area (Å²) < 4.78 is 0. The summed E-state index contributed by atoms with van der Waals surface area (Å²) in [6, 6.07) is 18.9. The van der Waals surface area contributed by atoms with E-state index in [2.05, 4.69) is 40.6 Å². The molecule has 2 unspecified atom stereocenters. The lowest BCUT2D eigenvalue weighted by Crippen LogP contribution is -2.27. The van der Waals surface area contributed by atoms with Gasteiger partial charge in [0.2, 0.25) is 0 Å². The predicted molar refractivity (Wildman–Crippen MR) is 101 cm³/mol. The van der Waals surface area contributed by atoms with Crippen molar-refractivity contribution in [2.45, 2.75) is 12.8 Å². The minimum Gasteiger partial charge on any atom is -0.316 e. The van der Waals surface area contributed by atoms with Gasteiger partial charge in [0.1, 0.15) is 0 Å². The molecule has 3 nitrogen and oxygen atoms in total. The smallest absolute Gasteiger partial charge is 0.0991 e. The van der Waals surface area contributed by atoms with E-state index in [0.29, 0.717) is 5.56 Å². The summed E-state index contributed by atoms with van der Waals surface area (Å²) in [6.07, 6.45) is 2.39. The van der Waals surface area contributed by atoms with Crippen molar-refractivity contribution in [3.05, 3.63) is 59.7 Å². The van der Waals surface area contributed by atoms with E-state index < -0.39 is 0 Å². The van der Waals surface area contributed by atoms with Gasteiger partial charge < -0.3 is 10.2 Å². The number of hydrogen-bond acceptors (Lipinski definition) is 3. The van der Waals surface area contributed by atoms with Crippen LogP contribution in [0.2, 0.25) is 0 Å². The maximum absolute atomic E-state index is 8.89. The van der Waals surface area contributed by atoms with Crippen LogP contribution in [0.25, 0.3) is 11.1 Å². The fraction of sp³-hybridized carbons (Fsp3) is 0.409. The van der Waals surface area contributed by atoms with Gasteiger partial charge in [-0.15, -0.1) is 0 Å². The minimum atomic E-state index is 0.710. The quantitative estimate of drug-likeness (QED) is 0.913. The number of benzene rings is 2. The summed E-state index contributed by atoms with van der Waals surface area (Å²) in [7, 11) is 0. The third-order valence-electron chi connectivity index (χ3n) is 5.71. The molecule has 0 aromatic heterocycles. The van der Waals surface area contributed by atoms with Crippen LogP contribution < -0.4 is 5.32 Å². The molecule has 2 aliphatic heterocycles. The van der Waals surface area contributed by atoms with Crippen LogP contribution in [0.3, 0.4) is 0 Å². The van der Waals surface area contributed by atoms with Gasteiger partial charge >= 0.3 is 0 Å². The molecule has 3 heteroatoms. The first kappa shape index (κ1) is 16.3. The van der Waals surface area contributed by atoms with Gasteiger partial charge in [0.15, 0.2) is 0 Å². The molecule has 25 heavy (non-hydrogen) atoms. The van der Waals surface area contributed by atoms with Crippen LogP contribution in [0.5, 0.6) is 0 Å². The SMILES string of the molecule is N#Cc1ccc(-c2ccc(CCCN3CC4CNCC4C3)cc2)cc1. The highest BCUT2D eigenvalue weighted by Gasteiger charge is 2.35. The molecule has 2 heterocycles. The zero-order valence-corrected chi connectivity index (χ0v) is 14.6. The Morgan fingerprint density at radius 2 is 1.52 bits per heavy atom. The molecule has 4 rings (SSSR count). The Hall–Kier alpha value is -2.15. The second-order valence-electron chi connectivity index (χ2n) is 7.43. The number of fused-ring (bicyclic) bond motifs is 1. The van der Waals surface area contributed by atoms with Gasteiger partial charge in [0.25, 0.3) is 0 Å². The maximum atomic E-state index is 8.89. The van der Waals surface area contributed by atoms with Crippen LogP contribution in [-0.4, -0.2) is 37.6 Å². The lowest BCUT2D eigenvalue weighted by molar-refractivity contribution is 0.309. The third kappa shape index (κ3) is 3.76. The van der Waals surface area contributed by atoms with Crippen molar-refractivity contribution in [3.63, 3.8) is 0 Å². The first-order valence-electron chi connectivity index (χ1n) is 9.34. The van der Waals surface area contributed by atoms with Crippen molar-refractivity contribution in [1.29, 1.82) is 5.26 Å². The number of nitriles is 1.